The molecule has 36 heavy (non-hydrogen) atoms. The molecule has 3 rings (SSSR count). The van der Waals surface area contributed by atoms with Crippen LogP contribution in [0.3, 0.4) is 0 Å². The zero-order valence-corrected chi connectivity index (χ0v) is 21.7. The lowest BCUT2D eigenvalue weighted by Gasteiger charge is -2.31. The van der Waals surface area contributed by atoms with Gasteiger partial charge in [-0.05, 0) is 42.7 Å². The highest BCUT2D eigenvalue weighted by Crippen LogP contribution is 2.30. The Hall–Kier alpha value is -3.40. The molecular formula is C26H33N3O6S. The second kappa shape index (κ2) is 12.0. The van der Waals surface area contributed by atoms with E-state index in [1.165, 1.54) is 17.0 Å². The third-order valence-corrected chi connectivity index (χ3v) is 7.98. The van der Waals surface area contributed by atoms with E-state index in [0.717, 1.165) is 22.7 Å². The summed E-state index contributed by atoms with van der Waals surface area (Å²) in [6, 6.07) is 12.4. The van der Waals surface area contributed by atoms with Crippen molar-refractivity contribution in [2.75, 3.05) is 20.2 Å². The summed E-state index contributed by atoms with van der Waals surface area (Å²) in [7, 11) is -2.48. The Labute approximate surface area is 212 Å². The fourth-order valence-electron chi connectivity index (χ4n) is 4.19. The number of unbranched alkanes of at least 4 members (excludes halogenated alkanes) is 1. The quantitative estimate of drug-likeness (QED) is 0.435. The summed E-state index contributed by atoms with van der Waals surface area (Å²) >= 11 is 0. The van der Waals surface area contributed by atoms with E-state index in [-0.39, 0.29) is 35.9 Å². The van der Waals surface area contributed by atoms with Gasteiger partial charge in [-0.1, -0.05) is 44.5 Å². The van der Waals surface area contributed by atoms with Crippen LogP contribution in [0.4, 0.5) is 0 Å². The van der Waals surface area contributed by atoms with E-state index >= 15 is 0 Å². The molecule has 1 atom stereocenters. The topological polar surface area (TPSA) is 113 Å². The maximum absolute atomic E-state index is 13.5. The summed E-state index contributed by atoms with van der Waals surface area (Å²) < 4.78 is 31.8. The Balaban J connectivity index is 1.82. The van der Waals surface area contributed by atoms with Crippen LogP contribution >= 0.6 is 0 Å². The zero-order chi connectivity index (χ0) is 26.3. The number of ether oxygens (including phenoxy) is 1. The van der Waals surface area contributed by atoms with Crippen LogP contribution in [0.5, 0.6) is 5.75 Å². The molecule has 1 N–H and O–H groups in total. The van der Waals surface area contributed by atoms with Crippen LogP contribution in [-0.4, -0.2) is 61.6 Å². The number of hydrogen-bond donors (Lipinski definition) is 1. The van der Waals surface area contributed by atoms with Crippen molar-refractivity contribution in [2.24, 2.45) is 0 Å². The van der Waals surface area contributed by atoms with Gasteiger partial charge in [-0.3, -0.25) is 14.4 Å². The molecule has 0 saturated carbocycles. The normalized spacial score (nSPS) is 14.8. The second-order valence-electron chi connectivity index (χ2n) is 8.57. The van der Waals surface area contributed by atoms with Gasteiger partial charge >= 0.3 is 0 Å². The number of nitrogens with zero attached hydrogens (tertiary/aromatic N) is 2. The predicted octanol–water partition coefficient (Wildman–Crippen LogP) is 2.95. The Morgan fingerprint density at radius 3 is 2.53 bits per heavy atom. The Kier molecular flexibility index (Phi) is 9.08. The van der Waals surface area contributed by atoms with E-state index in [2.05, 4.69) is 5.32 Å². The van der Waals surface area contributed by atoms with Crippen molar-refractivity contribution in [1.29, 1.82) is 0 Å². The molecule has 0 fully saturated rings. The first-order valence-electron chi connectivity index (χ1n) is 12.1. The summed E-state index contributed by atoms with van der Waals surface area (Å²) in [5, 5.41) is 2.89. The fraction of sp³-hybridized carbons (Fsp3) is 0.423. The molecule has 0 unspecified atom stereocenters. The first-order chi connectivity index (χ1) is 17.2. The van der Waals surface area contributed by atoms with Crippen LogP contribution in [0.25, 0.3) is 0 Å². The van der Waals surface area contributed by atoms with Gasteiger partial charge in [0.1, 0.15) is 16.7 Å². The first-order valence-corrected chi connectivity index (χ1v) is 13.5. The number of carbonyl (C=O) groups is 3. The number of carbonyl (C=O) groups excluding carboxylic acids is 3. The van der Waals surface area contributed by atoms with E-state index in [9.17, 15) is 22.8 Å². The minimum absolute atomic E-state index is 0.0579. The number of amides is 3. The average Bonchev–Trinajstić information content (AvgIpc) is 3.07. The molecule has 1 heterocycles. The maximum atomic E-state index is 13.5. The standard InChI is InChI=1S/C26H33N3O6S/c1-4-6-15-27-25(31)22(5-2)28(18-19-10-9-11-20(17-19)35-3)24(30)14-16-29-26(32)21-12-7-8-13-23(21)36(29,33)34/h7-13,17,22H,4-6,14-16,18H2,1-3H3,(H,27,31)/t22-/m0/s1. The van der Waals surface area contributed by atoms with Crippen LogP contribution < -0.4 is 10.1 Å². The first kappa shape index (κ1) is 27.2. The molecule has 0 saturated heterocycles. The third kappa shape index (κ3) is 5.87. The van der Waals surface area contributed by atoms with Gasteiger partial charge in [-0.15, -0.1) is 0 Å². The lowest BCUT2D eigenvalue weighted by molar-refractivity contribution is -0.141. The Morgan fingerprint density at radius 2 is 1.86 bits per heavy atom. The highest BCUT2D eigenvalue weighted by molar-refractivity contribution is 7.90. The van der Waals surface area contributed by atoms with Crippen LogP contribution in [0.15, 0.2) is 53.4 Å². The molecule has 2 aromatic rings. The van der Waals surface area contributed by atoms with E-state index in [0.29, 0.717) is 18.7 Å². The van der Waals surface area contributed by atoms with Gasteiger partial charge in [0.25, 0.3) is 15.9 Å². The highest BCUT2D eigenvalue weighted by atomic mass is 32.2. The zero-order valence-electron chi connectivity index (χ0n) is 20.9. The lowest BCUT2D eigenvalue weighted by Crippen LogP contribution is -2.49. The summed E-state index contributed by atoms with van der Waals surface area (Å²) in [5.41, 5.74) is 0.861. The van der Waals surface area contributed by atoms with Gasteiger partial charge in [0.05, 0.1) is 12.7 Å². The van der Waals surface area contributed by atoms with Gasteiger partial charge < -0.3 is 15.0 Å². The number of hydrogen-bond acceptors (Lipinski definition) is 6. The molecule has 0 bridgehead atoms. The van der Waals surface area contributed by atoms with E-state index < -0.39 is 27.9 Å². The molecule has 2 aromatic carbocycles. The van der Waals surface area contributed by atoms with Crippen molar-refractivity contribution >= 4 is 27.7 Å². The third-order valence-electron chi connectivity index (χ3n) is 6.14. The SMILES string of the molecule is CCCCNC(=O)[C@H](CC)N(Cc1cccc(OC)c1)C(=O)CCN1C(=O)c2ccccc2S1(=O)=O. The van der Waals surface area contributed by atoms with Crippen molar-refractivity contribution in [1.82, 2.24) is 14.5 Å². The Bertz CT molecular complexity index is 1210. The van der Waals surface area contributed by atoms with Gasteiger partial charge in [-0.25, -0.2) is 12.7 Å². The van der Waals surface area contributed by atoms with E-state index in [1.54, 1.807) is 37.4 Å². The number of benzene rings is 2. The molecule has 0 aromatic heterocycles. The van der Waals surface area contributed by atoms with Crippen LogP contribution in [0, 0.1) is 0 Å². The van der Waals surface area contributed by atoms with Crippen LogP contribution in [0.2, 0.25) is 0 Å². The van der Waals surface area contributed by atoms with Crippen molar-refractivity contribution in [3.63, 3.8) is 0 Å². The molecule has 1 aliphatic heterocycles. The molecule has 9 nitrogen and oxygen atoms in total. The van der Waals surface area contributed by atoms with E-state index in [4.69, 9.17) is 4.74 Å². The summed E-state index contributed by atoms with van der Waals surface area (Å²) in [6.45, 7) is 4.18. The Morgan fingerprint density at radius 1 is 1.11 bits per heavy atom. The monoisotopic (exact) mass is 515 g/mol. The number of nitrogens with one attached hydrogen (secondary N) is 1. The second-order valence-corrected chi connectivity index (χ2v) is 10.4. The van der Waals surface area contributed by atoms with Crippen LogP contribution in [-0.2, 0) is 26.2 Å². The molecule has 0 spiro atoms. The maximum Gasteiger partial charge on any atom is 0.269 e. The molecule has 3 amide bonds. The molecule has 1 aliphatic rings. The van der Waals surface area contributed by atoms with Crippen molar-refractivity contribution in [3.05, 3.63) is 59.7 Å². The van der Waals surface area contributed by atoms with Crippen LogP contribution in [0.1, 0.15) is 55.5 Å². The summed E-state index contributed by atoms with van der Waals surface area (Å²) in [6.07, 6.45) is 1.87. The smallest absolute Gasteiger partial charge is 0.269 e. The van der Waals surface area contributed by atoms with Gasteiger partial charge in [-0.2, -0.15) is 0 Å². The molecular weight excluding hydrogens is 482 g/mol. The summed E-state index contributed by atoms with van der Waals surface area (Å²) in [4.78, 5) is 40.6. The summed E-state index contributed by atoms with van der Waals surface area (Å²) in [5.74, 6) is -0.720. The molecule has 0 aliphatic carbocycles. The van der Waals surface area contributed by atoms with Crippen molar-refractivity contribution < 1.29 is 27.5 Å². The predicted molar refractivity (Wildman–Crippen MR) is 135 cm³/mol. The average molecular weight is 516 g/mol. The van der Waals surface area contributed by atoms with Gasteiger partial charge in [0, 0.05) is 26.1 Å². The largest absolute Gasteiger partial charge is 0.497 e. The van der Waals surface area contributed by atoms with Crippen molar-refractivity contribution in [2.45, 2.75) is 57.0 Å². The lowest BCUT2D eigenvalue weighted by atomic mass is 10.1. The minimum atomic E-state index is -4.02. The van der Waals surface area contributed by atoms with E-state index in [1.807, 2.05) is 19.9 Å². The van der Waals surface area contributed by atoms with Crippen molar-refractivity contribution in [3.8, 4) is 5.75 Å². The number of methoxy groups -OCH3 is 1. The van der Waals surface area contributed by atoms with Gasteiger partial charge in [0.15, 0.2) is 0 Å². The molecule has 10 heteroatoms. The minimum Gasteiger partial charge on any atom is -0.497 e. The number of fused-ring (bicyclic) bond motifs is 1. The number of rotatable bonds is 12. The number of sulfonamides is 1. The highest BCUT2D eigenvalue weighted by Gasteiger charge is 2.41. The molecule has 194 valence electrons. The van der Waals surface area contributed by atoms with Gasteiger partial charge in [0.2, 0.25) is 11.8 Å². The molecule has 0 radical (unpaired) electrons. The fourth-order valence-corrected chi connectivity index (χ4v) is 5.76.